The number of H-pyrrole nitrogens is 1. The molecule has 0 saturated carbocycles. The highest BCUT2D eigenvalue weighted by atomic mass is 32.2. The Labute approximate surface area is 137 Å². The molecule has 3 rings (SSSR count). The number of aromatic nitrogens is 1. The maximum absolute atomic E-state index is 12.5. The molecule has 0 aliphatic carbocycles. The molecular formula is C15H14N2O6S. The quantitative estimate of drug-likeness (QED) is 0.727. The first-order chi connectivity index (χ1) is 11.4. The normalized spacial score (nSPS) is 11.4. The predicted octanol–water partition coefficient (Wildman–Crippen LogP) is 1.94. The Hall–Kier alpha value is -2.94. The van der Waals surface area contributed by atoms with Crippen LogP contribution in [-0.4, -0.2) is 27.6 Å². The van der Waals surface area contributed by atoms with E-state index in [1.807, 2.05) is 0 Å². The van der Waals surface area contributed by atoms with E-state index in [9.17, 15) is 13.2 Å². The molecular weight excluding hydrogens is 336 g/mol. The molecule has 9 heteroatoms. The van der Waals surface area contributed by atoms with Gasteiger partial charge in [-0.1, -0.05) is 0 Å². The number of benzene rings is 2. The Morgan fingerprint density at radius 3 is 2.50 bits per heavy atom. The average molecular weight is 350 g/mol. The highest BCUT2D eigenvalue weighted by Crippen LogP contribution is 2.30. The molecule has 0 aliphatic heterocycles. The van der Waals surface area contributed by atoms with Crippen molar-refractivity contribution in [2.45, 2.75) is 4.90 Å². The van der Waals surface area contributed by atoms with Gasteiger partial charge in [-0.3, -0.25) is 9.71 Å². The van der Waals surface area contributed by atoms with E-state index in [0.717, 1.165) is 0 Å². The average Bonchev–Trinajstić information content (AvgIpc) is 2.93. The highest BCUT2D eigenvalue weighted by molar-refractivity contribution is 7.92. The fourth-order valence-corrected chi connectivity index (χ4v) is 3.27. The van der Waals surface area contributed by atoms with Gasteiger partial charge in [-0.15, -0.1) is 0 Å². The standard InChI is InChI=1S/C15H14N2O6S/c1-21-12-6-4-10(8-14(12)22-2)24(19,20)17-9-3-5-11-13(7-9)23-15(18)16-11/h3-8,17H,1-2H3,(H,16,18). The van der Waals surface area contributed by atoms with Crippen molar-refractivity contribution in [3.8, 4) is 11.5 Å². The summed E-state index contributed by atoms with van der Waals surface area (Å²) >= 11 is 0. The predicted molar refractivity (Wildman–Crippen MR) is 87.2 cm³/mol. The van der Waals surface area contributed by atoms with Gasteiger partial charge in [-0.25, -0.2) is 13.2 Å². The molecule has 0 spiro atoms. The Morgan fingerprint density at radius 1 is 1.04 bits per heavy atom. The van der Waals surface area contributed by atoms with Crippen molar-refractivity contribution in [3.05, 3.63) is 46.9 Å². The van der Waals surface area contributed by atoms with Crippen LogP contribution in [0.3, 0.4) is 0 Å². The van der Waals surface area contributed by atoms with Crippen molar-refractivity contribution in [2.24, 2.45) is 0 Å². The van der Waals surface area contributed by atoms with Gasteiger partial charge in [-0.05, 0) is 24.3 Å². The molecule has 0 saturated heterocycles. The first-order valence-electron chi connectivity index (χ1n) is 6.80. The summed E-state index contributed by atoms with van der Waals surface area (Å²) in [4.78, 5) is 13.6. The van der Waals surface area contributed by atoms with E-state index in [-0.39, 0.29) is 16.2 Å². The van der Waals surface area contributed by atoms with Gasteiger partial charge < -0.3 is 13.9 Å². The van der Waals surface area contributed by atoms with Crippen LogP contribution in [0.25, 0.3) is 11.1 Å². The van der Waals surface area contributed by atoms with Crippen LogP contribution < -0.4 is 20.0 Å². The topological polar surface area (TPSA) is 111 Å². The molecule has 0 unspecified atom stereocenters. The molecule has 8 nitrogen and oxygen atoms in total. The second-order valence-electron chi connectivity index (χ2n) is 4.85. The van der Waals surface area contributed by atoms with Crippen LogP contribution in [0, 0.1) is 0 Å². The van der Waals surface area contributed by atoms with Crippen molar-refractivity contribution < 1.29 is 22.3 Å². The second-order valence-corrected chi connectivity index (χ2v) is 6.53. The van der Waals surface area contributed by atoms with Crippen molar-refractivity contribution in [3.63, 3.8) is 0 Å². The van der Waals surface area contributed by atoms with Crippen LogP contribution in [0.5, 0.6) is 11.5 Å². The molecule has 24 heavy (non-hydrogen) atoms. The van der Waals surface area contributed by atoms with Gasteiger partial charge in [0.05, 0.1) is 30.3 Å². The summed E-state index contributed by atoms with van der Waals surface area (Å²) < 4.78 is 42.5. The van der Waals surface area contributed by atoms with Crippen LogP contribution in [0.2, 0.25) is 0 Å². The minimum atomic E-state index is -3.85. The van der Waals surface area contributed by atoms with Crippen molar-refractivity contribution in [1.82, 2.24) is 4.98 Å². The second kappa shape index (κ2) is 5.93. The fourth-order valence-electron chi connectivity index (χ4n) is 2.21. The lowest BCUT2D eigenvalue weighted by atomic mass is 10.3. The first-order valence-corrected chi connectivity index (χ1v) is 8.29. The van der Waals surface area contributed by atoms with Crippen molar-refractivity contribution in [2.75, 3.05) is 18.9 Å². The Kier molecular flexibility index (Phi) is 3.94. The Balaban J connectivity index is 1.96. The third-order valence-corrected chi connectivity index (χ3v) is 4.72. The van der Waals surface area contributed by atoms with Gasteiger partial charge in [0.15, 0.2) is 17.1 Å². The zero-order valence-corrected chi connectivity index (χ0v) is 13.6. The fraction of sp³-hybridized carbons (Fsp3) is 0.133. The largest absolute Gasteiger partial charge is 0.493 e. The number of methoxy groups -OCH3 is 2. The molecule has 0 aliphatic rings. The number of nitrogens with one attached hydrogen (secondary N) is 2. The summed E-state index contributed by atoms with van der Waals surface area (Å²) in [5.74, 6) is 0.115. The lowest BCUT2D eigenvalue weighted by molar-refractivity contribution is 0.354. The molecule has 0 radical (unpaired) electrons. The maximum atomic E-state index is 12.5. The zero-order valence-electron chi connectivity index (χ0n) is 12.8. The number of hydrogen-bond acceptors (Lipinski definition) is 6. The van der Waals surface area contributed by atoms with E-state index in [1.165, 1.54) is 44.6 Å². The van der Waals surface area contributed by atoms with E-state index in [0.29, 0.717) is 17.0 Å². The molecule has 2 N–H and O–H groups in total. The van der Waals surface area contributed by atoms with Crippen LogP contribution >= 0.6 is 0 Å². The van der Waals surface area contributed by atoms with E-state index in [4.69, 9.17) is 13.9 Å². The van der Waals surface area contributed by atoms with Crippen LogP contribution in [0.4, 0.5) is 5.69 Å². The molecule has 2 aromatic carbocycles. The molecule has 126 valence electrons. The highest BCUT2D eigenvalue weighted by Gasteiger charge is 2.17. The molecule has 1 aromatic heterocycles. The Morgan fingerprint density at radius 2 is 1.79 bits per heavy atom. The van der Waals surface area contributed by atoms with E-state index >= 15 is 0 Å². The van der Waals surface area contributed by atoms with Gasteiger partial charge in [0.25, 0.3) is 10.0 Å². The number of ether oxygens (including phenoxy) is 2. The van der Waals surface area contributed by atoms with Gasteiger partial charge in [0.1, 0.15) is 0 Å². The minimum absolute atomic E-state index is 0.00997. The third kappa shape index (κ3) is 2.93. The number of fused-ring (bicyclic) bond motifs is 1. The summed E-state index contributed by atoms with van der Waals surface area (Å²) in [6.45, 7) is 0. The zero-order chi connectivity index (χ0) is 17.3. The number of sulfonamides is 1. The minimum Gasteiger partial charge on any atom is -0.493 e. The first kappa shape index (κ1) is 15.9. The lowest BCUT2D eigenvalue weighted by Gasteiger charge is -2.11. The van der Waals surface area contributed by atoms with Crippen molar-refractivity contribution >= 4 is 26.8 Å². The number of rotatable bonds is 5. The van der Waals surface area contributed by atoms with Gasteiger partial charge in [0.2, 0.25) is 0 Å². The summed E-state index contributed by atoms with van der Waals surface area (Å²) in [7, 11) is -0.966. The lowest BCUT2D eigenvalue weighted by Crippen LogP contribution is -2.13. The number of anilines is 1. The SMILES string of the molecule is COc1ccc(S(=O)(=O)Nc2ccc3[nH]c(=O)oc3c2)cc1OC. The van der Waals surface area contributed by atoms with Gasteiger partial charge in [-0.2, -0.15) is 0 Å². The van der Waals surface area contributed by atoms with E-state index < -0.39 is 15.8 Å². The Bertz CT molecular complexity index is 1050. The molecule has 0 fully saturated rings. The molecule has 0 bridgehead atoms. The third-order valence-electron chi connectivity index (χ3n) is 3.34. The molecule has 3 aromatic rings. The molecule has 1 heterocycles. The van der Waals surface area contributed by atoms with Gasteiger partial charge >= 0.3 is 5.76 Å². The van der Waals surface area contributed by atoms with Crippen LogP contribution in [0.1, 0.15) is 0 Å². The smallest absolute Gasteiger partial charge is 0.417 e. The summed E-state index contributed by atoms with van der Waals surface area (Å²) in [5, 5.41) is 0. The number of hydrogen-bond donors (Lipinski definition) is 2. The van der Waals surface area contributed by atoms with E-state index in [2.05, 4.69) is 9.71 Å². The number of oxazole rings is 1. The molecule has 0 amide bonds. The molecule has 0 atom stereocenters. The summed E-state index contributed by atoms with van der Waals surface area (Å²) in [5.41, 5.74) is 1.00. The van der Waals surface area contributed by atoms with Gasteiger partial charge in [0, 0.05) is 12.1 Å². The monoisotopic (exact) mass is 350 g/mol. The van der Waals surface area contributed by atoms with Crippen LogP contribution in [-0.2, 0) is 10.0 Å². The maximum Gasteiger partial charge on any atom is 0.417 e. The summed E-state index contributed by atoms with van der Waals surface area (Å²) in [6, 6.07) is 8.75. The van der Waals surface area contributed by atoms with Crippen LogP contribution in [0.15, 0.2) is 50.5 Å². The summed E-state index contributed by atoms with van der Waals surface area (Å²) in [6.07, 6.45) is 0. The number of aromatic amines is 1. The van der Waals surface area contributed by atoms with Crippen molar-refractivity contribution in [1.29, 1.82) is 0 Å². The van der Waals surface area contributed by atoms with E-state index in [1.54, 1.807) is 6.07 Å².